The molecule has 3 fully saturated rings. The lowest BCUT2D eigenvalue weighted by Gasteiger charge is -2.47. The van der Waals surface area contributed by atoms with Crippen LogP contribution in [0.25, 0.3) is 0 Å². The maximum atomic E-state index is 14.5. The van der Waals surface area contributed by atoms with Crippen LogP contribution in [0, 0.1) is 29.6 Å². The number of nitrogens with zero attached hydrogens (tertiary/aromatic N) is 1. The van der Waals surface area contributed by atoms with Gasteiger partial charge in [0, 0.05) is 51.6 Å². The molecule has 3 aliphatic heterocycles. The zero-order valence-corrected chi connectivity index (χ0v) is 40.5. The van der Waals surface area contributed by atoms with Crippen LogP contribution in [0.1, 0.15) is 138 Å². The number of piperidine rings is 1. The van der Waals surface area contributed by atoms with Crippen molar-refractivity contribution in [3.8, 4) is 0 Å². The van der Waals surface area contributed by atoms with E-state index in [1.165, 1.54) is 10.5 Å². The minimum atomic E-state index is -2.46. The summed E-state index contributed by atoms with van der Waals surface area (Å²) in [5.41, 5.74) is 3.20. The van der Waals surface area contributed by atoms with Gasteiger partial charge in [-0.25, -0.2) is 4.79 Å². The minimum Gasteiger partial charge on any atom is -0.456 e. The van der Waals surface area contributed by atoms with Gasteiger partial charge in [0.05, 0.1) is 24.4 Å². The SMILES string of the molecule is CCC1C=C(C)CC(C)CC(OC)C2OC(O)(C(=O)C(=O)N3CCCCC3C(=O)OC(C(C)=CC3CCC(NCc4ccccc4)C(OC(C)C)C3)C(C)CCC1=O)C(C)CC2OC. The molecule has 358 valence electrons. The Morgan fingerprint density at radius 2 is 1.66 bits per heavy atom. The highest BCUT2D eigenvalue weighted by molar-refractivity contribution is 6.39. The van der Waals surface area contributed by atoms with Crippen molar-refractivity contribution in [2.45, 2.75) is 193 Å². The van der Waals surface area contributed by atoms with Gasteiger partial charge in [-0.1, -0.05) is 75.8 Å². The van der Waals surface area contributed by atoms with E-state index in [9.17, 15) is 24.3 Å². The number of allylic oxidation sites excluding steroid dienone is 3. The van der Waals surface area contributed by atoms with Gasteiger partial charge in [0.2, 0.25) is 5.79 Å². The Labute approximate surface area is 383 Å². The Morgan fingerprint density at radius 1 is 0.953 bits per heavy atom. The number of Topliss-reactive ketones (excluding diaryl/α,β-unsaturated/α-hetero) is 2. The maximum absolute atomic E-state index is 14.5. The third-order valence-corrected chi connectivity index (χ3v) is 14.4. The van der Waals surface area contributed by atoms with Gasteiger partial charge >= 0.3 is 5.97 Å². The molecule has 4 aliphatic rings. The molecular weight excluding hydrogens is 813 g/mol. The van der Waals surface area contributed by atoms with Crippen LogP contribution in [0.3, 0.4) is 0 Å². The summed E-state index contributed by atoms with van der Waals surface area (Å²) in [4.78, 5) is 58.5. The van der Waals surface area contributed by atoms with Gasteiger partial charge in [-0.2, -0.15) is 0 Å². The van der Waals surface area contributed by atoms with Crippen molar-refractivity contribution >= 4 is 23.4 Å². The predicted molar refractivity (Wildman–Crippen MR) is 247 cm³/mol. The van der Waals surface area contributed by atoms with Crippen LogP contribution in [0.15, 0.2) is 53.6 Å². The fourth-order valence-corrected chi connectivity index (χ4v) is 10.7. The van der Waals surface area contributed by atoms with Crippen molar-refractivity contribution in [3.05, 3.63) is 59.2 Å². The fourth-order valence-electron chi connectivity index (χ4n) is 10.7. The van der Waals surface area contributed by atoms with E-state index in [2.05, 4.69) is 62.5 Å². The molecule has 2 saturated heterocycles. The van der Waals surface area contributed by atoms with Crippen LogP contribution in [0.2, 0.25) is 0 Å². The number of ketones is 2. The molecule has 3 heterocycles. The average molecular weight is 893 g/mol. The van der Waals surface area contributed by atoms with Crippen LogP contribution in [-0.4, -0.2) is 109 Å². The first kappa shape index (κ1) is 51.7. The Morgan fingerprint density at radius 3 is 2.33 bits per heavy atom. The normalized spacial score (nSPS) is 35.9. The molecule has 13 atom stereocenters. The van der Waals surface area contributed by atoms with Crippen LogP contribution < -0.4 is 5.32 Å². The monoisotopic (exact) mass is 893 g/mol. The lowest BCUT2D eigenvalue weighted by atomic mass is 9.81. The van der Waals surface area contributed by atoms with Gasteiger partial charge in [0.1, 0.15) is 24.0 Å². The number of amides is 1. The number of esters is 1. The van der Waals surface area contributed by atoms with Gasteiger partial charge in [0.15, 0.2) is 0 Å². The Bertz CT molecular complexity index is 1760. The second kappa shape index (κ2) is 24.0. The molecule has 64 heavy (non-hydrogen) atoms. The predicted octanol–water partition coefficient (Wildman–Crippen LogP) is 8.08. The van der Waals surface area contributed by atoms with Crippen LogP contribution in [-0.2, 0) is 49.4 Å². The van der Waals surface area contributed by atoms with Crippen LogP contribution in [0.4, 0.5) is 0 Å². The summed E-state index contributed by atoms with van der Waals surface area (Å²) >= 11 is 0. The Kier molecular flexibility index (Phi) is 19.4. The number of aliphatic hydroxyl groups is 1. The number of hydrogen-bond donors (Lipinski definition) is 2. The third-order valence-electron chi connectivity index (χ3n) is 14.4. The second-order valence-corrected chi connectivity index (χ2v) is 19.9. The molecule has 1 aliphatic carbocycles. The minimum absolute atomic E-state index is 0.0151. The molecule has 0 aromatic heterocycles. The van der Waals surface area contributed by atoms with Gasteiger partial charge in [-0.05, 0) is 127 Å². The molecule has 12 heteroatoms. The summed E-state index contributed by atoms with van der Waals surface area (Å²) in [6, 6.07) is 9.52. The van der Waals surface area contributed by atoms with E-state index in [0.29, 0.717) is 51.4 Å². The third kappa shape index (κ3) is 13.2. The van der Waals surface area contributed by atoms with Gasteiger partial charge in [0.25, 0.3) is 11.7 Å². The summed E-state index contributed by atoms with van der Waals surface area (Å²) in [5, 5.41) is 15.9. The van der Waals surface area contributed by atoms with Gasteiger partial charge < -0.3 is 39.0 Å². The smallest absolute Gasteiger partial charge is 0.329 e. The fraction of sp³-hybridized carbons (Fsp3) is 0.731. The molecule has 0 spiro atoms. The van der Waals surface area contributed by atoms with Gasteiger partial charge in [-0.15, -0.1) is 0 Å². The van der Waals surface area contributed by atoms with Crippen molar-refractivity contribution in [1.82, 2.24) is 10.2 Å². The maximum Gasteiger partial charge on any atom is 0.329 e. The number of methoxy groups -OCH3 is 2. The highest BCUT2D eigenvalue weighted by atomic mass is 16.7. The Balaban J connectivity index is 1.46. The number of cyclic esters (lactones) is 1. The molecule has 13 unspecified atom stereocenters. The average Bonchev–Trinajstić information content (AvgIpc) is 3.27. The zero-order chi connectivity index (χ0) is 46.7. The highest BCUT2D eigenvalue weighted by Crippen LogP contribution is 2.39. The highest BCUT2D eigenvalue weighted by Gasteiger charge is 2.56. The van der Waals surface area contributed by atoms with E-state index in [0.717, 1.165) is 37.0 Å². The lowest BCUT2D eigenvalue weighted by molar-refractivity contribution is -0.302. The molecule has 5 rings (SSSR count). The molecule has 2 N–H and O–H groups in total. The first-order valence-corrected chi connectivity index (χ1v) is 24.3. The number of rotatable bonds is 10. The number of hydrogen-bond acceptors (Lipinski definition) is 11. The number of carbonyl (C=O) groups excluding carboxylic acids is 4. The molecule has 0 radical (unpaired) electrons. The summed E-state index contributed by atoms with van der Waals surface area (Å²) in [5.74, 6) is -6.00. The second-order valence-electron chi connectivity index (χ2n) is 19.9. The summed E-state index contributed by atoms with van der Waals surface area (Å²) in [7, 11) is 3.13. The van der Waals surface area contributed by atoms with E-state index < -0.39 is 59.8 Å². The number of fused-ring (bicyclic) bond motifs is 3. The van der Waals surface area contributed by atoms with Crippen molar-refractivity contribution in [2.75, 3.05) is 20.8 Å². The molecule has 1 amide bonds. The molecule has 1 aromatic carbocycles. The number of ether oxygens (including phenoxy) is 5. The number of nitrogens with one attached hydrogen (secondary N) is 1. The van der Waals surface area contributed by atoms with Crippen molar-refractivity contribution < 1.29 is 48.0 Å². The van der Waals surface area contributed by atoms with Crippen molar-refractivity contribution in [1.29, 1.82) is 0 Å². The van der Waals surface area contributed by atoms with E-state index in [1.54, 1.807) is 21.1 Å². The van der Waals surface area contributed by atoms with Crippen molar-refractivity contribution in [2.24, 2.45) is 29.6 Å². The zero-order valence-electron chi connectivity index (χ0n) is 40.5. The largest absolute Gasteiger partial charge is 0.456 e. The summed E-state index contributed by atoms with van der Waals surface area (Å²) in [6.45, 7) is 16.9. The standard InChI is InChI=1S/C52H80N2O10/c1-11-40-26-33(4)25-34(5)27-45(60-9)48-46(61-10)29-37(8)52(59,64-48)49(56)50(57)54-24-16-15-19-42(54)51(58)63-47(35(6)20-23-43(40)55)36(7)28-39-21-22-41(44(30-39)62-32(2)3)53-31-38-17-13-12-14-18-38/h12-14,17-18,26,28,32,34-35,37,39-42,44-48,53,59H,11,15-16,19-25,27,29-31H2,1-10H3. The first-order chi connectivity index (χ1) is 30.5. The van der Waals surface area contributed by atoms with E-state index >= 15 is 0 Å². The summed E-state index contributed by atoms with van der Waals surface area (Å²) in [6.07, 6.45) is 8.90. The van der Waals surface area contributed by atoms with E-state index in [4.69, 9.17) is 23.7 Å². The number of benzene rings is 1. The number of carbonyl (C=O) groups is 4. The molecular formula is C52H80N2O10. The molecule has 1 aromatic rings. The Hall–Kier alpha value is -3.26. The first-order valence-electron chi connectivity index (χ1n) is 24.3. The topological polar surface area (TPSA) is 150 Å². The molecule has 1 saturated carbocycles. The van der Waals surface area contributed by atoms with E-state index in [1.807, 2.05) is 33.8 Å². The summed E-state index contributed by atoms with van der Waals surface area (Å²) < 4.78 is 31.2. The molecule has 2 bridgehead atoms. The van der Waals surface area contributed by atoms with Crippen LogP contribution >= 0.6 is 0 Å². The van der Waals surface area contributed by atoms with Crippen molar-refractivity contribution in [3.63, 3.8) is 0 Å². The molecule has 12 nitrogen and oxygen atoms in total. The van der Waals surface area contributed by atoms with E-state index in [-0.39, 0.29) is 60.7 Å². The quantitative estimate of drug-likeness (QED) is 0.133. The van der Waals surface area contributed by atoms with Crippen LogP contribution in [0.5, 0.6) is 0 Å². The van der Waals surface area contributed by atoms with Gasteiger partial charge in [-0.3, -0.25) is 14.4 Å². The lowest BCUT2D eigenvalue weighted by Crippen LogP contribution is -2.64.